The van der Waals surface area contributed by atoms with E-state index in [2.05, 4.69) is 9.97 Å². The maximum absolute atomic E-state index is 13.4. The summed E-state index contributed by atoms with van der Waals surface area (Å²) in [4.78, 5) is 9.09. The third kappa shape index (κ3) is 4.75. The van der Waals surface area contributed by atoms with E-state index < -0.39 is 19.7 Å². The van der Waals surface area contributed by atoms with Crippen LogP contribution in [0.3, 0.4) is 0 Å². The molecule has 0 saturated carbocycles. The van der Waals surface area contributed by atoms with Gasteiger partial charge in [0.05, 0.1) is 20.5 Å². The normalized spacial score (nSPS) is 12.0. The van der Waals surface area contributed by atoms with Gasteiger partial charge in [0.25, 0.3) is 0 Å². The molecule has 0 atom stereocenters. The van der Waals surface area contributed by atoms with Crippen molar-refractivity contribution in [2.45, 2.75) is 28.7 Å². The molecule has 2 aromatic carbocycles. The Kier molecular flexibility index (Phi) is 6.33. The first-order valence-corrected chi connectivity index (χ1v) is 14.0. The Morgan fingerprint density at radius 2 is 1.35 bits per heavy atom. The molecule has 0 N–H and O–H groups in total. The molecule has 0 unspecified atom stereocenters. The van der Waals surface area contributed by atoms with Crippen LogP contribution in [-0.2, 0) is 19.7 Å². The van der Waals surface area contributed by atoms with Crippen LogP contribution in [0, 0.1) is 13.8 Å². The maximum atomic E-state index is 13.4. The molecular weight excluding hydrogens is 492 g/mol. The Hall–Kier alpha value is -3.07. The van der Waals surface area contributed by atoms with Crippen LogP contribution in [0.2, 0.25) is 5.02 Å². The summed E-state index contributed by atoms with van der Waals surface area (Å²) in [6, 6.07) is 17.9. The van der Waals surface area contributed by atoms with Crippen LogP contribution < -0.4 is 0 Å². The fourth-order valence-corrected chi connectivity index (χ4v) is 5.75. The Morgan fingerprint density at radius 1 is 0.765 bits per heavy atom. The van der Waals surface area contributed by atoms with Crippen molar-refractivity contribution >= 4 is 31.3 Å². The third-order valence-corrected chi connectivity index (χ3v) is 8.55. The van der Waals surface area contributed by atoms with Gasteiger partial charge >= 0.3 is 0 Å². The van der Waals surface area contributed by atoms with Crippen molar-refractivity contribution in [2.24, 2.45) is 0 Å². The van der Waals surface area contributed by atoms with E-state index in [-0.39, 0.29) is 19.8 Å². The van der Waals surface area contributed by atoms with Gasteiger partial charge in [-0.15, -0.1) is 0 Å². The summed E-state index contributed by atoms with van der Waals surface area (Å²) in [6.45, 7) is 3.71. The Labute approximate surface area is 204 Å². The van der Waals surface area contributed by atoms with E-state index in [1.165, 1.54) is 24.3 Å². The summed E-state index contributed by atoms with van der Waals surface area (Å²) in [5.41, 5.74) is 3.89. The van der Waals surface area contributed by atoms with Crippen molar-refractivity contribution in [1.29, 1.82) is 0 Å². The Balaban J connectivity index is 1.95. The van der Waals surface area contributed by atoms with Gasteiger partial charge < -0.3 is 0 Å². The second-order valence-corrected chi connectivity index (χ2v) is 12.3. The largest absolute Gasteiger partial charge is 0.261 e. The monoisotopic (exact) mass is 512 g/mol. The molecule has 2 heterocycles. The molecule has 0 spiro atoms. The second kappa shape index (κ2) is 8.94. The van der Waals surface area contributed by atoms with E-state index in [4.69, 9.17) is 11.6 Å². The van der Waals surface area contributed by atoms with E-state index in [9.17, 15) is 16.8 Å². The number of halogens is 1. The lowest BCUT2D eigenvalue weighted by Crippen LogP contribution is -2.07. The fraction of sp³-hybridized carbons (Fsp3) is 0.120. The average molecular weight is 513 g/mol. The predicted octanol–water partition coefficient (Wildman–Crippen LogP) is 5.32. The minimum absolute atomic E-state index is 0.0356. The van der Waals surface area contributed by atoms with E-state index >= 15 is 0 Å². The number of sulfone groups is 2. The Bertz CT molecular complexity index is 1580. The lowest BCUT2D eigenvalue weighted by Gasteiger charge is -2.14. The average Bonchev–Trinajstić information content (AvgIpc) is 2.79. The molecule has 0 aliphatic heterocycles. The standard InChI is InChI=1S/C25H21ClN2O4S2/c1-16-4-10-21(11-5-16)34(31,32)25-23(26)14-22(18-8-12-20(13-9-18)33(3,29)30)24(28-25)19-7-6-17(2)27-15-19/h4-15H,1-3H3. The first-order chi connectivity index (χ1) is 16.0. The molecule has 0 fully saturated rings. The van der Waals surface area contributed by atoms with Gasteiger partial charge in [-0.2, -0.15) is 0 Å². The molecule has 174 valence electrons. The fourth-order valence-electron chi connectivity index (χ4n) is 3.42. The van der Waals surface area contributed by atoms with Gasteiger partial charge in [0.1, 0.15) is 0 Å². The van der Waals surface area contributed by atoms with Crippen LogP contribution in [0.4, 0.5) is 0 Å². The molecule has 0 saturated heterocycles. The van der Waals surface area contributed by atoms with Crippen molar-refractivity contribution in [2.75, 3.05) is 6.26 Å². The first-order valence-electron chi connectivity index (χ1n) is 10.2. The number of aromatic nitrogens is 2. The van der Waals surface area contributed by atoms with Gasteiger partial charge in [-0.25, -0.2) is 21.8 Å². The number of hydrogen-bond acceptors (Lipinski definition) is 6. The number of pyridine rings is 2. The van der Waals surface area contributed by atoms with Gasteiger partial charge in [0.15, 0.2) is 14.9 Å². The topological polar surface area (TPSA) is 94.1 Å². The van der Waals surface area contributed by atoms with Crippen LogP contribution in [-0.4, -0.2) is 33.1 Å². The molecule has 34 heavy (non-hydrogen) atoms. The lowest BCUT2D eigenvalue weighted by molar-refractivity contribution is 0.592. The molecule has 0 aliphatic rings. The molecule has 6 nitrogen and oxygen atoms in total. The van der Waals surface area contributed by atoms with E-state index in [1.54, 1.807) is 48.7 Å². The highest BCUT2D eigenvalue weighted by molar-refractivity contribution is 7.91. The van der Waals surface area contributed by atoms with Crippen LogP contribution >= 0.6 is 11.6 Å². The van der Waals surface area contributed by atoms with Crippen molar-refractivity contribution in [3.05, 3.63) is 89.2 Å². The molecule has 0 aliphatic carbocycles. The highest BCUT2D eigenvalue weighted by Crippen LogP contribution is 2.37. The van der Waals surface area contributed by atoms with Gasteiger partial charge in [0.2, 0.25) is 9.84 Å². The number of hydrogen-bond donors (Lipinski definition) is 0. The van der Waals surface area contributed by atoms with E-state index in [1.807, 2.05) is 13.8 Å². The molecule has 9 heteroatoms. The van der Waals surface area contributed by atoms with E-state index in [0.29, 0.717) is 22.4 Å². The van der Waals surface area contributed by atoms with Crippen LogP contribution in [0.15, 0.2) is 87.7 Å². The molecule has 0 amide bonds. The molecule has 0 radical (unpaired) electrons. The molecule has 0 bridgehead atoms. The van der Waals surface area contributed by atoms with Gasteiger partial charge in [0, 0.05) is 29.3 Å². The zero-order chi connectivity index (χ0) is 24.7. The van der Waals surface area contributed by atoms with Crippen LogP contribution in [0.1, 0.15) is 11.3 Å². The smallest absolute Gasteiger partial charge is 0.225 e. The van der Waals surface area contributed by atoms with Gasteiger partial charge in [-0.1, -0.05) is 41.4 Å². The minimum Gasteiger partial charge on any atom is -0.261 e. The maximum Gasteiger partial charge on any atom is 0.225 e. The van der Waals surface area contributed by atoms with Gasteiger partial charge in [-0.3, -0.25) is 4.98 Å². The lowest BCUT2D eigenvalue weighted by atomic mass is 10.0. The molecule has 4 aromatic rings. The third-order valence-electron chi connectivity index (χ3n) is 5.31. The summed E-state index contributed by atoms with van der Waals surface area (Å²) in [7, 11) is -7.36. The van der Waals surface area contributed by atoms with Gasteiger partial charge in [-0.05, 0) is 61.9 Å². The number of aryl methyl sites for hydroxylation is 2. The molecule has 2 aromatic heterocycles. The zero-order valence-corrected chi connectivity index (χ0v) is 21.0. The highest BCUT2D eigenvalue weighted by atomic mass is 35.5. The first kappa shape index (κ1) is 24.1. The van der Waals surface area contributed by atoms with Crippen molar-refractivity contribution in [1.82, 2.24) is 9.97 Å². The summed E-state index contributed by atoms with van der Waals surface area (Å²) >= 11 is 6.48. The van der Waals surface area contributed by atoms with Crippen molar-refractivity contribution < 1.29 is 16.8 Å². The highest BCUT2D eigenvalue weighted by Gasteiger charge is 2.26. The summed E-state index contributed by atoms with van der Waals surface area (Å²) < 4.78 is 50.5. The van der Waals surface area contributed by atoms with E-state index in [0.717, 1.165) is 17.5 Å². The summed E-state index contributed by atoms with van der Waals surface area (Å²) in [5.74, 6) is 0. The molecule has 4 rings (SSSR count). The molecular formula is C25H21ClN2O4S2. The van der Waals surface area contributed by atoms with Crippen LogP contribution in [0.25, 0.3) is 22.4 Å². The summed E-state index contributed by atoms with van der Waals surface area (Å²) in [5, 5.41) is -0.295. The number of nitrogens with zero attached hydrogens (tertiary/aromatic N) is 2. The second-order valence-electron chi connectivity index (χ2n) is 7.97. The van der Waals surface area contributed by atoms with Crippen molar-refractivity contribution in [3.8, 4) is 22.4 Å². The predicted molar refractivity (Wildman–Crippen MR) is 132 cm³/mol. The quantitative estimate of drug-likeness (QED) is 0.359. The van der Waals surface area contributed by atoms with Crippen molar-refractivity contribution in [3.63, 3.8) is 0 Å². The number of benzene rings is 2. The minimum atomic E-state index is -3.99. The SMILES string of the molecule is Cc1ccc(S(=O)(=O)c2nc(-c3ccc(C)nc3)c(-c3ccc(S(C)(=O)=O)cc3)cc2Cl)cc1. The zero-order valence-electron chi connectivity index (χ0n) is 18.7. The Morgan fingerprint density at radius 3 is 1.91 bits per heavy atom. The van der Waals surface area contributed by atoms with Crippen LogP contribution in [0.5, 0.6) is 0 Å². The number of rotatable bonds is 5. The summed E-state index contributed by atoms with van der Waals surface area (Å²) in [6.07, 6.45) is 2.75.